The van der Waals surface area contributed by atoms with Crippen molar-refractivity contribution in [1.82, 2.24) is 10.1 Å². The minimum absolute atomic E-state index is 0.131. The van der Waals surface area contributed by atoms with Crippen LogP contribution in [0.5, 0.6) is 5.75 Å². The molecule has 0 heterocycles. The van der Waals surface area contributed by atoms with Gasteiger partial charge in [-0.25, -0.2) is 18.6 Å². The van der Waals surface area contributed by atoms with E-state index in [9.17, 15) is 13.2 Å². The predicted octanol–water partition coefficient (Wildman–Crippen LogP) is 5.79. The number of nitrogens with zero attached hydrogens (tertiary/aromatic N) is 1. The Morgan fingerprint density at radius 1 is 0.923 bits per heavy atom. The summed E-state index contributed by atoms with van der Waals surface area (Å²) in [6.45, 7) is 2.23. The number of benzene rings is 4. The molecule has 4 aromatic carbocycles. The van der Waals surface area contributed by atoms with Crippen LogP contribution in [0.25, 0.3) is 0 Å². The van der Waals surface area contributed by atoms with Crippen LogP contribution in [0.2, 0.25) is 5.02 Å². The van der Waals surface area contributed by atoms with Crippen molar-refractivity contribution < 1.29 is 17.9 Å². The molecular weight excluding hydrogens is 534 g/mol. The molecule has 39 heavy (non-hydrogen) atoms. The number of rotatable bonds is 11. The molecule has 0 bridgehead atoms. The molecule has 0 aromatic heterocycles. The highest BCUT2D eigenvalue weighted by Crippen LogP contribution is 2.21. The summed E-state index contributed by atoms with van der Waals surface area (Å²) in [7, 11) is -3.85. The molecule has 0 radical (unpaired) electrons. The van der Waals surface area contributed by atoms with Gasteiger partial charge < -0.3 is 4.74 Å². The van der Waals surface area contributed by atoms with Crippen molar-refractivity contribution in [3.8, 4) is 5.75 Å². The second-order valence-corrected chi connectivity index (χ2v) is 11.0. The fourth-order valence-corrected chi connectivity index (χ4v) is 5.14. The third kappa shape index (κ3) is 8.25. The molecular formula is C30H28ClN3O4S. The number of hydrazone groups is 1. The summed E-state index contributed by atoms with van der Waals surface area (Å²) in [6, 6.07) is 29.4. The Balaban J connectivity index is 1.35. The molecule has 0 saturated carbocycles. The Morgan fingerprint density at radius 2 is 1.59 bits per heavy atom. The lowest BCUT2D eigenvalue weighted by Crippen LogP contribution is -2.32. The average molecular weight is 562 g/mol. The van der Waals surface area contributed by atoms with Crippen LogP contribution in [0.1, 0.15) is 34.7 Å². The molecule has 9 heteroatoms. The quantitative estimate of drug-likeness (QED) is 0.179. The van der Waals surface area contributed by atoms with Gasteiger partial charge >= 0.3 is 0 Å². The monoisotopic (exact) mass is 561 g/mol. The second kappa shape index (κ2) is 13.2. The van der Waals surface area contributed by atoms with Gasteiger partial charge in [0.05, 0.1) is 17.2 Å². The number of amides is 1. The summed E-state index contributed by atoms with van der Waals surface area (Å²) in [5.74, 6) is 0.231. The van der Waals surface area contributed by atoms with E-state index < -0.39 is 22.0 Å². The van der Waals surface area contributed by atoms with E-state index in [2.05, 4.69) is 15.2 Å². The first kappa shape index (κ1) is 28.0. The lowest BCUT2D eigenvalue weighted by molar-refractivity contribution is -0.121. The van der Waals surface area contributed by atoms with E-state index in [0.717, 1.165) is 16.7 Å². The first-order valence-corrected chi connectivity index (χ1v) is 14.1. The standard InChI is InChI=1S/C30H28ClN3O4S/c1-22-11-17-27(18-12-22)39(36,37)34-29(24-7-3-2-4-8-24)19-30(35)33-32-20-23-13-15-26(16-14-23)38-21-25-9-5-6-10-28(25)31/h2-18,20,29,34H,19,21H2,1H3,(H,33,35)/b32-20-/t29-/m1/s1. The predicted molar refractivity (Wildman–Crippen MR) is 153 cm³/mol. The number of halogens is 1. The number of sulfonamides is 1. The molecule has 2 N–H and O–H groups in total. The van der Waals surface area contributed by atoms with Crippen molar-refractivity contribution >= 4 is 33.7 Å². The molecule has 200 valence electrons. The van der Waals surface area contributed by atoms with Gasteiger partial charge in [0.25, 0.3) is 0 Å². The highest BCUT2D eigenvalue weighted by atomic mass is 35.5. The van der Waals surface area contributed by atoms with Gasteiger partial charge in [-0.3, -0.25) is 4.79 Å². The van der Waals surface area contributed by atoms with Crippen LogP contribution >= 0.6 is 11.6 Å². The summed E-state index contributed by atoms with van der Waals surface area (Å²) in [5, 5.41) is 4.68. The molecule has 0 unspecified atom stereocenters. The van der Waals surface area contributed by atoms with Gasteiger partial charge in [0.15, 0.2) is 0 Å². The van der Waals surface area contributed by atoms with Crippen molar-refractivity contribution in [2.75, 3.05) is 0 Å². The number of ether oxygens (including phenoxy) is 1. The first-order chi connectivity index (χ1) is 18.8. The molecule has 0 saturated heterocycles. The summed E-state index contributed by atoms with van der Waals surface area (Å²) < 4.78 is 34.4. The van der Waals surface area contributed by atoms with Crippen LogP contribution in [0.15, 0.2) is 113 Å². The van der Waals surface area contributed by atoms with Crippen LogP contribution in [0.3, 0.4) is 0 Å². The fourth-order valence-electron chi connectivity index (χ4n) is 3.72. The van der Waals surface area contributed by atoms with E-state index >= 15 is 0 Å². The van der Waals surface area contributed by atoms with E-state index in [4.69, 9.17) is 16.3 Å². The van der Waals surface area contributed by atoms with Crippen molar-refractivity contribution in [1.29, 1.82) is 0 Å². The molecule has 1 atom stereocenters. The van der Waals surface area contributed by atoms with Gasteiger partial charge in [0.1, 0.15) is 12.4 Å². The number of hydrogen-bond acceptors (Lipinski definition) is 5. The Kier molecular flexibility index (Phi) is 9.49. The zero-order valence-electron chi connectivity index (χ0n) is 21.3. The number of aryl methyl sites for hydroxylation is 1. The van der Waals surface area contributed by atoms with Crippen LogP contribution in [0.4, 0.5) is 0 Å². The lowest BCUT2D eigenvalue weighted by Gasteiger charge is -2.18. The van der Waals surface area contributed by atoms with Crippen LogP contribution in [-0.4, -0.2) is 20.5 Å². The van der Waals surface area contributed by atoms with Crippen molar-refractivity contribution in [2.24, 2.45) is 5.10 Å². The van der Waals surface area contributed by atoms with E-state index in [0.29, 0.717) is 22.9 Å². The van der Waals surface area contributed by atoms with E-state index in [1.807, 2.05) is 37.3 Å². The largest absolute Gasteiger partial charge is 0.489 e. The fraction of sp³-hybridized carbons (Fsp3) is 0.133. The van der Waals surface area contributed by atoms with Crippen LogP contribution < -0.4 is 14.9 Å². The third-order valence-electron chi connectivity index (χ3n) is 5.86. The second-order valence-electron chi connectivity index (χ2n) is 8.84. The van der Waals surface area contributed by atoms with Gasteiger partial charge in [-0.05, 0) is 60.5 Å². The molecule has 0 aliphatic heterocycles. The summed E-state index contributed by atoms with van der Waals surface area (Å²) in [5.41, 5.74) is 5.74. The Morgan fingerprint density at radius 3 is 2.28 bits per heavy atom. The number of carbonyl (C=O) groups excluding carboxylic acids is 1. The van der Waals surface area contributed by atoms with Gasteiger partial charge in [0.2, 0.25) is 15.9 Å². The topological polar surface area (TPSA) is 96.9 Å². The maximum atomic E-state index is 13.0. The third-order valence-corrected chi connectivity index (χ3v) is 7.71. The van der Waals surface area contributed by atoms with E-state index in [1.54, 1.807) is 60.7 Å². The lowest BCUT2D eigenvalue weighted by atomic mass is 10.0. The molecule has 4 aromatic rings. The van der Waals surface area contributed by atoms with Crippen LogP contribution in [-0.2, 0) is 21.4 Å². The normalized spacial score (nSPS) is 12.3. The van der Waals surface area contributed by atoms with E-state index in [-0.39, 0.29) is 11.3 Å². The van der Waals surface area contributed by atoms with E-state index in [1.165, 1.54) is 18.3 Å². The first-order valence-electron chi connectivity index (χ1n) is 12.2. The van der Waals surface area contributed by atoms with Gasteiger partial charge in [-0.15, -0.1) is 0 Å². The van der Waals surface area contributed by atoms with Gasteiger partial charge in [-0.1, -0.05) is 77.8 Å². The van der Waals surface area contributed by atoms with Crippen molar-refractivity contribution in [3.63, 3.8) is 0 Å². The number of hydrogen-bond donors (Lipinski definition) is 2. The number of carbonyl (C=O) groups is 1. The zero-order chi connectivity index (χ0) is 27.7. The Bertz CT molecular complexity index is 1520. The Labute approximate surface area is 233 Å². The van der Waals surface area contributed by atoms with Crippen molar-refractivity contribution in [2.45, 2.75) is 30.9 Å². The molecule has 4 rings (SSSR count). The highest BCUT2D eigenvalue weighted by molar-refractivity contribution is 7.89. The molecule has 0 aliphatic carbocycles. The number of nitrogens with one attached hydrogen (secondary N) is 2. The van der Waals surface area contributed by atoms with Crippen molar-refractivity contribution in [3.05, 3.63) is 130 Å². The van der Waals surface area contributed by atoms with Crippen LogP contribution in [0, 0.1) is 6.92 Å². The molecule has 7 nitrogen and oxygen atoms in total. The SMILES string of the molecule is Cc1ccc(S(=O)(=O)N[C@H](CC(=O)N/N=C\c2ccc(OCc3ccccc3Cl)cc2)c2ccccc2)cc1. The Hall–Kier alpha value is -3.98. The van der Waals surface area contributed by atoms with Gasteiger partial charge in [0, 0.05) is 17.0 Å². The molecule has 0 spiro atoms. The minimum atomic E-state index is -3.85. The molecule has 0 aliphatic rings. The maximum Gasteiger partial charge on any atom is 0.242 e. The average Bonchev–Trinajstić information content (AvgIpc) is 2.93. The van der Waals surface area contributed by atoms with Gasteiger partial charge in [-0.2, -0.15) is 5.10 Å². The molecule has 0 fully saturated rings. The smallest absolute Gasteiger partial charge is 0.242 e. The summed E-state index contributed by atoms with van der Waals surface area (Å²) in [4.78, 5) is 12.8. The molecule has 1 amide bonds. The summed E-state index contributed by atoms with van der Waals surface area (Å²) >= 11 is 6.16. The maximum absolute atomic E-state index is 13.0. The zero-order valence-corrected chi connectivity index (χ0v) is 22.8. The highest BCUT2D eigenvalue weighted by Gasteiger charge is 2.23. The summed E-state index contributed by atoms with van der Waals surface area (Å²) in [6.07, 6.45) is 1.37. The minimum Gasteiger partial charge on any atom is -0.489 e.